The number of benzene rings is 2. The molecule has 2 heterocycles. The van der Waals surface area contributed by atoms with Gasteiger partial charge in [0.1, 0.15) is 0 Å². The number of fused-ring (bicyclic) bond motifs is 1. The van der Waals surface area contributed by atoms with Gasteiger partial charge in [0.05, 0.1) is 0 Å². The van der Waals surface area contributed by atoms with Crippen LogP contribution in [0.3, 0.4) is 0 Å². The lowest BCUT2D eigenvalue weighted by molar-refractivity contribution is 0.209. The summed E-state index contributed by atoms with van der Waals surface area (Å²) in [5.41, 5.74) is 5.67. The number of nitrogens with zero attached hydrogens (tertiary/aromatic N) is 1. The number of H-pyrrole nitrogens is 1. The monoisotopic (exact) mass is 346 g/mol. The molecule has 0 atom stereocenters. The summed E-state index contributed by atoms with van der Waals surface area (Å²) in [6.45, 7) is 5.98. The standard InChI is InChI=1S/C24H30N2/c1-19-22(23-12-5-6-13-24(23)25-19)11-7-8-16-26-17-14-21(15-18-26)20-9-3-2-4-10-20/h2-6,9-10,12-13,21,25H,7-8,11,14-18H2,1H3. The van der Waals surface area contributed by atoms with E-state index in [1.165, 1.54) is 79.5 Å². The Balaban J connectivity index is 1.23. The molecule has 2 nitrogen and oxygen atoms in total. The van der Waals surface area contributed by atoms with Crippen molar-refractivity contribution in [3.63, 3.8) is 0 Å². The van der Waals surface area contributed by atoms with Crippen LogP contribution in [0.25, 0.3) is 10.9 Å². The van der Waals surface area contributed by atoms with Gasteiger partial charge >= 0.3 is 0 Å². The Kier molecular flexibility index (Phi) is 5.40. The predicted octanol–water partition coefficient (Wildman–Crippen LogP) is 5.68. The van der Waals surface area contributed by atoms with Gasteiger partial charge in [0.15, 0.2) is 0 Å². The summed E-state index contributed by atoms with van der Waals surface area (Å²) in [6, 6.07) is 19.8. The van der Waals surface area contributed by atoms with Gasteiger partial charge in [-0.05, 0) is 81.8 Å². The van der Waals surface area contributed by atoms with Crippen LogP contribution in [0.1, 0.15) is 48.4 Å². The molecule has 0 bridgehead atoms. The highest BCUT2D eigenvalue weighted by Gasteiger charge is 2.19. The fraction of sp³-hybridized carbons (Fsp3) is 0.417. The molecule has 136 valence electrons. The molecule has 3 aromatic rings. The first kappa shape index (κ1) is 17.4. The van der Waals surface area contributed by atoms with E-state index in [4.69, 9.17) is 0 Å². The summed E-state index contributed by atoms with van der Waals surface area (Å²) in [5.74, 6) is 0.765. The number of unbranched alkanes of at least 4 members (excludes halogenated alkanes) is 1. The first-order valence-corrected chi connectivity index (χ1v) is 10.1. The molecule has 2 heteroatoms. The number of aryl methyl sites for hydroxylation is 2. The van der Waals surface area contributed by atoms with Crippen LogP contribution in [-0.4, -0.2) is 29.5 Å². The minimum absolute atomic E-state index is 0.765. The van der Waals surface area contributed by atoms with E-state index in [1.54, 1.807) is 0 Å². The van der Waals surface area contributed by atoms with Gasteiger partial charge in [-0.2, -0.15) is 0 Å². The van der Waals surface area contributed by atoms with E-state index >= 15 is 0 Å². The molecule has 0 amide bonds. The Labute approximate surface area is 157 Å². The van der Waals surface area contributed by atoms with E-state index in [1.807, 2.05) is 0 Å². The number of hydrogen-bond acceptors (Lipinski definition) is 1. The molecule has 1 aliphatic rings. The van der Waals surface area contributed by atoms with Gasteiger partial charge in [0.2, 0.25) is 0 Å². The van der Waals surface area contributed by atoms with Crippen molar-refractivity contribution >= 4 is 10.9 Å². The fourth-order valence-electron chi connectivity index (χ4n) is 4.51. The molecule has 1 fully saturated rings. The molecule has 1 saturated heterocycles. The first-order chi connectivity index (χ1) is 12.8. The lowest BCUT2D eigenvalue weighted by atomic mass is 9.89. The predicted molar refractivity (Wildman–Crippen MR) is 111 cm³/mol. The summed E-state index contributed by atoms with van der Waals surface area (Å²) < 4.78 is 0. The molecule has 0 saturated carbocycles. The Morgan fingerprint density at radius 3 is 2.46 bits per heavy atom. The van der Waals surface area contributed by atoms with Gasteiger partial charge < -0.3 is 9.88 Å². The van der Waals surface area contributed by atoms with E-state index in [9.17, 15) is 0 Å². The molecule has 0 spiro atoms. The zero-order chi connectivity index (χ0) is 17.8. The van der Waals surface area contributed by atoms with Crippen molar-refractivity contribution in [2.24, 2.45) is 0 Å². The highest BCUT2D eigenvalue weighted by Crippen LogP contribution is 2.28. The molecular formula is C24H30N2. The van der Waals surface area contributed by atoms with Gasteiger partial charge in [0.25, 0.3) is 0 Å². The van der Waals surface area contributed by atoms with E-state index < -0.39 is 0 Å². The SMILES string of the molecule is Cc1[nH]c2ccccc2c1CCCCN1CCC(c2ccccc2)CC1. The fourth-order valence-corrected chi connectivity index (χ4v) is 4.51. The topological polar surface area (TPSA) is 19.0 Å². The summed E-state index contributed by atoms with van der Waals surface area (Å²) in [5, 5.41) is 1.41. The normalized spacial score (nSPS) is 16.3. The number of rotatable bonds is 6. The third kappa shape index (κ3) is 3.86. The van der Waals surface area contributed by atoms with Crippen LogP contribution in [0.15, 0.2) is 54.6 Å². The molecule has 2 aromatic carbocycles. The third-order valence-electron chi connectivity index (χ3n) is 6.04. The second-order valence-electron chi connectivity index (χ2n) is 7.76. The maximum Gasteiger partial charge on any atom is 0.0458 e. The zero-order valence-electron chi connectivity index (χ0n) is 15.9. The van der Waals surface area contributed by atoms with E-state index in [2.05, 4.69) is 71.4 Å². The largest absolute Gasteiger partial charge is 0.358 e. The zero-order valence-corrected chi connectivity index (χ0v) is 15.9. The number of aromatic amines is 1. The second-order valence-corrected chi connectivity index (χ2v) is 7.76. The minimum atomic E-state index is 0.765. The Morgan fingerprint density at radius 1 is 0.923 bits per heavy atom. The van der Waals surface area contributed by atoms with E-state index in [0.717, 1.165) is 5.92 Å². The number of likely N-dealkylation sites (tertiary alicyclic amines) is 1. The molecule has 0 aliphatic carbocycles. The number of piperidine rings is 1. The van der Waals surface area contributed by atoms with Gasteiger partial charge in [-0.15, -0.1) is 0 Å². The molecule has 0 radical (unpaired) electrons. The van der Waals surface area contributed by atoms with Crippen LogP contribution in [0.5, 0.6) is 0 Å². The molecule has 0 unspecified atom stereocenters. The maximum absolute atomic E-state index is 3.53. The van der Waals surface area contributed by atoms with Crippen LogP contribution < -0.4 is 0 Å². The molecular weight excluding hydrogens is 316 g/mol. The number of para-hydroxylation sites is 1. The van der Waals surface area contributed by atoms with Crippen molar-refractivity contribution < 1.29 is 0 Å². The highest BCUT2D eigenvalue weighted by molar-refractivity contribution is 5.84. The molecule has 1 N–H and O–H groups in total. The smallest absolute Gasteiger partial charge is 0.0458 e. The minimum Gasteiger partial charge on any atom is -0.358 e. The van der Waals surface area contributed by atoms with Gasteiger partial charge in [-0.1, -0.05) is 48.5 Å². The summed E-state index contributed by atoms with van der Waals surface area (Å²) in [7, 11) is 0. The van der Waals surface area contributed by atoms with Crippen molar-refractivity contribution in [1.82, 2.24) is 9.88 Å². The summed E-state index contributed by atoms with van der Waals surface area (Å²) in [6.07, 6.45) is 6.39. The van der Waals surface area contributed by atoms with Crippen molar-refractivity contribution in [3.05, 3.63) is 71.4 Å². The lowest BCUT2D eigenvalue weighted by Crippen LogP contribution is -2.33. The van der Waals surface area contributed by atoms with Crippen LogP contribution in [0, 0.1) is 6.92 Å². The van der Waals surface area contributed by atoms with Crippen molar-refractivity contribution in [2.75, 3.05) is 19.6 Å². The Morgan fingerprint density at radius 2 is 1.65 bits per heavy atom. The number of aromatic nitrogens is 1. The van der Waals surface area contributed by atoms with Crippen molar-refractivity contribution in [3.8, 4) is 0 Å². The van der Waals surface area contributed by atoms with Crippen molar-refractivity contribution in [2.45, 2.75) is 44.9 Å². The van der Waals surface area contributed by atoms with Crippen LogP contribution in [-0.2, 0) is 6.42 Å². The molecule has 4 rings (SSSR count). The Hall–Kier alpha value is -2.06. The third-order valence-corrected chi connectivity index (χ3v) is 6.04. The van der Waals surface area contributed by atoms with Crippen LogP contribution in [0.4, 0.5) is 0 Å². The van der Waals surface area contributed by atoms with Crippen LogP contribution in [0.2, 0.25) is 0 Å². The molecule has 26 heavy (non-hydrogen) atoms. The second kappa shape index (κ2) is 8.09. The Bertz CT molecular complexity index is 826. The average Bonchev–Trinajstić information content (AvgIpc) is 3.01. The maximum atomic E-state index is 3.53. The van der Waals surface area contributed by atoms with E-state index in [0.29, 0.717) is 0 Å². The number of hydrogen-bond donors (Lipinski definition) is 1. The van der Waals surface area contributed by atoms with Gasteiger partial charge in [0, 0.05) is 16.6 Å². The average molecular weight is 347 g/mol. The van der Waals surface area contributed by atoms with Gasteiger partial charge in [-0.3, -0.25) is 0 Å². The summed E-state index contributed by atoms with van der Waals surface area (Å²) >= 11 is 0. The highest BCUT2D eigenvalue weighted by atomic mass is 15.1. The molecule has 1 aromatic heterocycles. The first-order valence-electron chi connectivity index (χ1n) is 10.1. The van der Waals surface area contributed by atoms with Gasteiger partial charge in [-0.25, -0.2) is 0 Å². The summed E-state index contributed by atoms with van der Waals surface area (Å²) in [4.78, 5) is 6.20. The van der Waals surface area contributed by atoms with E-state index in [-0.39, 0.29) is 0 Å². The number of nitrogens with one attached hydrogen (secondary N) is 1. The lowest BCUT2D eigenvalue weighted by Gasteiger charge is -2.32. The quantitative estimate of drug-likeness (QED) is 0.569. The van der Waals surface area contributed by atoms with Crippen LogP contribution >= 0.6 is 0 Å². The molecule has 1 aliphatic heterocycles. The van der Waals surface area contributed by atoms with Crippen molar-refractivity contribution in [1.29, 1.82) is 0 Å².